The summed E-state index contributed by atoms with van der Waals surface area (Å²) in [5.41, 5.74) is 3.81. The minimum atomic E-state index is -0.738. The van der Waals surface area contributed by atoms with Crippen molar-refractivity contribution in [2.24, 2.45) is 0 Å². The van der Waals surface area contributed by atoms with E-state index in [1.807, 2.05) is 60.8 Å². The van der Waals surface area contributed by atoms with Gasteiger partial charge < -0.3 is 20.1 Å². The highest BCUT2D eigenvalue weighted by atomic mass is 16.5. The van der Waals surface area contributed by atoms with Crippen molar-refractivity contribution in [3.8, 4) is 22.7 Å². The summed E-state index contributed by atoms with van der Waals surface area (Å²) in [7, 11) is 0. The van der Waals surface area contributed by atoms with Gasteiger partial charge in [-0.3, -0.25) is 0 Å². The molecule has 0 radical (unpaired) electrons. The minimum absolute atomic E-state index is 0.303. The topological polar surface area (TPSA) is 94.5 Å². The van der Waals surface area contributed by atoms with Gasteiger partial charge in [-0.15, -0.1) is 0 Å². The number of amides is 2. The SMILES string of the molecule is CCCOc1ccc(-c2nn(-c3ccccc3)cc2[C@@H]2NC(=O)NC(C)=C2C(=O)OC(C)C)cc1. The second-order valence-corrected chi connectivity index (χ2v) is 8.61. The number of urea groups is 1. The molecule has 3 aromatic rings. The van der Waals surface area contributed by atoms with Gasteiger partial charge in [-0.2, -0.15) is 5.10 Å². The number of hydrogen-bond donors (Lipinski definition) is 2. The van der Waals surface area contributed by atoms with E-state index in [0.717, 1.165) is 23.4 Å². The fraction of sp³-hybridized carbons (Fsp3) is 0.296. The highest BCUT2D eigenvalue weighted by Gasteiger charge is 2.35. The van der Waals surface area contributed by atoms with Gasteiger partial charge in [0.2, 0.25) is 0 Å². The molecule has 1 atom stereocenters. The summed E-state index contributed by atoms with van der Waals surface area (Å²) < 4.78 is 13.0. The Kier molecular flexibility index (Phi) is 7.19. The zero-order valence-corrected chi connectivity index (χ0v) is 20.4. The van der Waals surface area contributed by atoms with Gasteiger partial charge in [0.05, 0.1) is 35.7 Å². The summed E-state index contributed by atoms with van der Waals surface area (Å²) in [4.78, 5) is 25.5. The number of nitrogens with one attached hydrogen (secondary N) is 2. The van der Waals surface area contributed by atoms with Gasteiger partial charge in [-0.25, -0.2) is 14.3 Å². The Morgan fingerprint density at radius 2 is 1.83 bits per heavy atom. The van der Waals surface area contributed by atoms with Crippen LogP contribution in [0, 0.1) is 0 Å². The van der Waals surface area contributed by atoms with Crippen LogP contribution in [0.2, 0.25) is 0 Å². The van der Waals surface area contributed by atoms with E-state index in [2.05, 4.69) is 17.6 Å². The molecular formula is C27H30N4O4. The summed E-state index contributed by atoms with van der Waals surface area (Å²) in [5, 5.41) is 10.4. The molecule has 0 aliphatic carbocycles. The van der Waals surface area contributed by atoms with Gasteiger partial charge >= 0.3 is 12.0 Å². The van der Waals surface area contributed by atoms with E-state index in [4.69, 9.17) is 14.6 Å². The van der Waals surface area contributed by atoms with Crippen molar-refractivity contribution in [2.75, 3.05) is 6.61 Å². The van der Waals surface area contributed by atoms with Crippen molar-refractivity contribution < 1.29 is 19.1 Å². The lowest BCUT2D eigenvalue weighted by Gasteiger charge is -2.28. The molecule has 8 nitrogen and oxygen atoms in total. The Balaban J connectivity index is 1.83. The first-order valence-electron chi connectivity index (χ1n) is 11.7. The lowest BCUT2D eigenvalue weighted by molar-refractivity contribution is -0.143. The average molecular weight is 475 g/mol. The van der Waals surface area contributed by atoms with Crippen LogP contribution in [0.4, 0.5) is 4.79 Å². The molecule has 4 rings (SSSR count). The second kappa shape index (κ2) is 10.5. The Morgan fingerprint density at radius 1 is 1.11 bits per heavy atom. The standard InChI is InChI=1S/C27H30N4O4/c1-5-15-34-21-13-11-19(12-14-21)24-22(16-31(30-24)20-9-7-6-8-10-20)25-23(26(32)35-17(2)3)18(4)28-27(33)29-25/h6-14,16-17,25H,5,15H2,1-4H3,(H2,28,29,33)/t25-/m0/s1. The number of carbonyl (C=O) groups is 2. The summed E-state index contributed by atoms with van der Waals surface area (Å²) in [6.07, 6.45) is 2.46. The van der Waals surface area contributed by atoms with Gasteiger partial charge in [0, 0.05) is 23.0 Å². The molecule has 0 unspecified atom stereocenters. The van der Waals surface area contributed by atoms with Crippen LogP contribution >= 0.6 is 0 Å². The number of para-hydroxylation sites is 1. The number of allylic oxidation sites excluding steroid dienone is 1. The van der Waals surface area contributed by atoms with Crippen LogP contribution < -0.4 is 15.4 Å². The molecule has 2 N–H and O–H groups in total. The van der Waals surface area contributed by atoms with Crippen LogP contribution in [0.3, 0.4) is 0 Å². The van der Waals surface area contributed by atoms with Crippen LogP contribution in [-0.2, 0) is 9.53 Å². The maximum Gasteiger partial charge on any atom is 0.338 e. The molecular weight excluding hydrogens is 444 g/mol. The number of rotatable bonds is 8. The van der Waals surface area contributed by atoms with Crippen LogP contribution in [0.5, 0.6) is 5.75 Å². The molecule has 0 spiro atoms. The van der Waals surface area contributed by atoms with Crippen molar-refractivity contribution >= 4 is 12.0 Å². The molecule has 0 fully saturated rings. The van der Waals surface area contributed by atoms with E-state index in [0.29, 0.717) is 29.1 Å². The van der Waals surface area contributed by atoms with E-state index in [1.165, 1.54) is 0 Å². The smallest absolute Gasteiger partial charge is 0.338 e. The number of hydrogen-bond acceptors (Lipinski definition) is 5. The van der Waals surface area contributed by atoms with Crippen molar-refractivity contribution in [1.29, 1.82) is 0 Å². The fourth-order valence-electron chi connectivity index (χ4n) is 3.94. The first-order chi connectivity index (χ1) is 16.9. The Hall–Kier alpha value is -4.07. The number of nitrogens with zero attached hydrogens (tertiary/aromatic N) is 2. The molecule has 1 aliphatic rings. The van der Waals surface area contributed by atoms with Crippen molar-refractivity contribution in [1.82, 2.24) is 20.4 Å². The van der Waals surface area contributed by atoms with Gasteiger partial charge in [0.15, 0.2) is 0 Å². The zero-order valence-electron chi connectivity index (χ0n) is 20.4. The molecule has 1 aromatic heterocycles. The molecule has 0 saturated carbocycles. The predicted octanol–water partition coefficient (Wildman–Crippen LogP) is 4.91. The molecule has 0 saturated heterocycles. The zero-order chi connectivity index (χ0) is 24.9. The highest BCUT2D eigenvalue weighted by molar-refractivity contribution is 5.95. The van der Waals surface area contributed by atoms with Crippen molar-refractivity contribution in [3.63, 3.8) is 0 Å². The minimum Gasteiger partial charge on any atom is -0.494 e. The van der Waals surface area contributed by atoms with Crippen LogP contribution in [0.25, 0.3) is 16.9 Å². The van der Waals surface area contributed by atoms with Gasteiger partial charge in [0.25, 0.3) is 0 Å². The maximum absolute atomic E-state index is 13.1. The molecule has 1 aliphatic heterocycles. The number of carbonyl (C=O) groups excluding carboxylic acids is 2. The van der Waals surface area contributed by atoms with E-state index in [1.54, 1.807) is 25.5 Å². The number of benzene rings is 2. The third-order valence-corrected chi connectivity index (χ3v) is 5.51. The summed E-state index contributed by atoms with van der Waals surface area (Å²) >= 11 is 0. The lowest BCUT2D eigenvalue weighted by atomic mass is 9.93. The van der Waals surface area contributed by atoms with Gasteiger partial charge in [-0.1, -0.05) is 25.1 Å². The quantitative estimate of drug-likeness (QED) is 0.453. The summed E-state index contributed by atoms with van der Waals surface area (Å²) in [5.74, 6) is 0.281. The van der Waals surface area contributed by atoms with E-state index in [9.17, 15) is 9.59 Å². The normalized spacial score (nSPS) is 15.6. The number of aromatic nitrogens is 2. The number of esters is 1. The largest absolute Gasteiger partial charge is 0.494 e. The van der Waals surface area contributed by atoms with Crippen molar-refractivity contribution in [3.05, 3.63) is 77.6 Å². The molecule has 8 heteroatoms. The Morgan fingerprint density at radius 3 is 2.49 bits per heavy atom. The maximum atomic E-state index is 13.1. The van der Waals surface area contributed by atoms with Crippen LogP contribution in [0.15, 0.2) is 72.1 Å². The van der Waals surface area contributed by atoms with E-state index < -0.39 is 18.0 Å². The Bertz CT molecular complexity index is 1230. The molecule has 182 valence electrons. The average Bonchev–Trinajstić information content (AvgIpc) is 3.28. The van der Waals surface area contributed by atoms with E-state index in [-0.39, 0.29) is 6.10 Å². The van der Waals surface area contributed by atoms with E-state index >= 15 is 0 Å². The van der Waals surface area contributed by atoms with Crippen LogP contribution in [-0.4, -0.2) is 34.5 Å². The molecule has 2 heterocycles. The van der Waals surface area contributed by atoms with Gasteiger partial charge in [0.1, 0.15) is 5.75 Å². The monoisotopic (exact) mass is 474 g/mol. The van der Waals surface area contributed by atoms with Crippen LogP contribution in [0.1, 0.15) is 45.7 Å². The molecule has 2 aromatic carbocycles. The van der Waals surface area contributed by atoms with Gasteiger partial charge in [-0.05, 0) is 63.6 Å². The fourth-order valence-corrected chi connectivity index (χ4v) is 3.94. The second-order valence-electron chi connectivity index (χ2n) is 8.61. The molecule has 35 heavy (non-hydrogen) atoms. The number of ether oxygens (including phenoxy) is 2. The highest BCUT2D eigenvalue weighted by Crippen LogP contribution is 2.35. The first kappa shape index (κ1) is 24.1. The third kappa shape index (κ3) is 5.37. The predicted molar refractivity (Wildman–Crippen MR) is 133 cm³/mol. The summed E-state index contributed by atoms with van der Waals surface area (Å²) in [6.45, 7) is 7.97. The molecule has 0 bridgehead atoms. The third-order valence-electron chi connectivity index (χ3n) is 5.51. The van der Waals surface area contributed by atoms with Crippen molar-refractivity contribution in [2.45, 2.75) is 46.3 Å². The lowest BCUT2D eigenvalue weighted by Crippen LogP contribution is -2.45. The summed E-state index contributed by atoms with van der Waals surface area (Å²) in [6, 6.07) is 16.2. The Labute approximate surface area is 204 Å². The molecule has 2 amide bonds. The first-order valence-corrected chi connectivity index (χ1v) is 11.7.